The summed E-state index contributed by atoms with van der Waals surface area (Å²) in [6.45, 7) is 7.69. The Morgan fingerprint density at radius 2 is 1.45 bits per heavy atom. The van der Waals surface area contributed by atoms with Crippen molar-refractivity contribution < 1.29 is 17.1 Å². The predicted molar refractivity (Wildman–Crippen MR) is 83.4 cm³/mol. The summed E-state index contributed by atoms with van der Waals surface area (Å²) in [5.41, 5.74) is 2.56. The van der Waals surface area contributed by atoms with Crippen molar-refractivity contribution in [3.8, 4) is 0 Å². The molecule has 2 heteroatoms. The molecule has 0 bridgehead atoms. The number of nitrogens with zero attached hydrogens (tertiary/aromatic N) is 1. The van der Waals surface area contributed by atoms with Crippen LogP contribution >= 0.6 is 0 Å². The Balaban J connectivity index is 0.000000283. The smallest absolute Gasteiger partial charge is 0.00644 e. The normalized spacial score (nSPS) is 14.8. The molecule has 2 aromatic carbocycles. The van der Waals surface area contributed by atoms with Gasteiger partial charge in [-0.15, -0.1) is 23.3 Å². The maximum atomic E-state index is 4.15. The fourth-order valence-electron chi connectivity index (χ4n) is 2.41. The predicted octanol–water partition coefficient (Wildman–Crippen LogP) is 4.31. The van der Waals surface area contributed by atoms with Crippen molar-refractivity contribution in [1.82, 2.24) is 4.90 Å². The molecule has 0 unspecified atom stereocenters. The Hall–Kier alpha value is -1.08. The van der Waals surface area contributed by atoms with Crippen LogP contribution in [0.2, 0.25) is 0 Å². The van der Waals surface area contributed by atoms with E-state index in [9.17, 15) is 0 Å². The molecular weight excluding hydrogens is 286 g/mol. The van der Waals surface area contributed by atoms with Gasteiger partial charge in [-0.05, 0) is 25.9 Å². The quantitative estimate of drug-likeness (QED) is 0.603. The molecule has 0 amide bonds. The summed E-state index contributed by atoms with van der Waals surface area (Å²) >= 11 is 0. The van der Waals surface area contributed by atoms with Crippen LogP contribution in [-0.4, -0.2) is 24.5 Å². The van der Waals surface area contributed by atoms with E-state index in [1.165, 1.54) is 43.5 Å². The zero-order chi connectivity index (χ0) is 13.3. The van der Waals surface area contributed by atoms with Gasteiger partial charge in [0.05, 0.1) is 0 Å². The first kappa shape index (κ1) is 17.0. The van der Waals surface area contributed by atoms with Crippen LogP contribution in [0.25, 0.3) is 5.57 Å². The number of rotatable bonds is 3. The third-order valence-electron chi connectivity index (χ3n) is 3.49. The molecule has 20 heavy (non-hydrogen) atoms. The Labute approximate surface area is 133 Å². The van der Waals surface area contributed by atoms with Gasteiger partial charge in [0.25, 0.3) is 0 Å². The van der Waals surface area contributed by atoms with E-state index in [1.807, 2.05) is 30.3 Å². The van der Waals surface area contributed by atoms with E-state index in [-0.39, 0.29) is 17.1 Å². The van der Waals surface area contributed by atoms with Crippen molar-refractivity contribution in [3.63, 3.8) is 0 Å². The number of likely N-dealkylation sites (tertiary alicyclic amines) is 1. The molecule has 1 nitrogen and oxygen atoms in total. The van der Waals surface area contributed by atoms with Gasteiger partial charge in [-0.25, -0.2) is 0 Å². The molecular formula is C18H23FeN-6. The molecule has 0 radical (unpaired) electrons. The Morgan fingerprint density at radius 1 is 0.950 bits per heavy atom. The Morgan fingerprint density at radius 3 is 1.95 bits per heavy atom. The molecule has 1 aliphatic rings. The summed E-state index contributed by atoms with van der Waals surface area (Å²) in [4.78, 5) is 2.51. The Kier molecular flexibility index (Phi) is 8.29. The summed E-state index contributed by atoms with van der Waals surface area (Å²) in [6.07, 6.45) is 4.11. The monoisotopic (exact) mass is 309 g/mol. The van der Waals surface area contributed by atoms with Gasteiger partial charge >= 0.3 is 0 Å². The molecule has 114 valence electrons. The van der Waals surface area contributed by atoms with Crippen LogP contribution < -0.4 is 0 Å². The minimum Gasteiger partial charge on any atom is -0.748 e. The van der Waals surface area contributed by atoms with Crippen LogP contribution in [0.15, 0.2) is 61.2 Å². The minimum absolute atomic E-state index is 0. The summed E-state index contributed by atoms with van der Waals surface area (Å²) < 4.78 is 0. The molecule has 0 atom stereocenters. The molecule has 1 fully saturated rings. The molecule has 1 saturated heterocycles. The van der Waals surface area contributed by atoms with Gasteiger partial charge in [-0.1, -0.05) is 6.42 Å². The van der Waals surface area contributed by atoms with E-state index in [1.54, 1.807) is 0 Å². The van der Waals surface area contributed by atoms with Gasteiger partial charge in [0, 0.05) is 23.6 Å². The van der Waals surface area contributed by atoms with E-state index >= 15 is 0 Å². The van der Waals surface area contributed by atoms with Gasteiger partial charge < -0.3 is 35.2 Å². The molecule has 0 spiro atoms. The SMILES string of the molecule is C=C(CN1CCCCC1)[c-]1cccc1.[Fe].[cH-]1[cH-][cH-][cH-][cH-]1. The maximum Gasteiger partial charge on any atom is 0.00644 e. The molecule has 1 heterocycles. The van der Waals surface area contributed by atoms with E-state index in [0.29, 0.717) is 0 Å². The summed E-state index contributed by atoms with van der Waals surface area (Å²) in [6, 6.07) is 18.5. The number of hydrogen-bond acceptors (Lipinski definition) is 1. The first-order chi connectivity index (χ1) is 9.36. The zero-order valence-electron chi connectivity index (χ0n) is 11.9. The van der Waals surface area contributed by atoms with Crippen LogP contribution in [-0.2, 0) is 17.1 Å². The van der Waals surface area contributed by atoms with Crippen molar-refractivity contribution in [1.29, 1.82) is 0 Å². The standard InChI is InChI=1S/C13H18N.C5H5.Fe/c1-12(13-7-3-4-8-13)11-14-9-5-2-6-10-14;1-2-4-5-3-1;/h3-4,7-8H,1-2,5-6,9-11H2;1-5H;/q-1;-5;. The van der Waals surface area contributed by atoms with Crippen molar-refractivity contribution in [3.05, 3.63) is 66.7 Å². The second-order valence-corrected chi connectivity index (χ2v) is 5.08. The third kappa shape index (κ3) is 5.92. The van der Waals surface area contributed by atoms with Gasteiger partial charge in [-0.3, -0.25) is 0 Å². The van der Waals surface area contributed by atoms with Gasteiger partial charge in [-0.2, -0.15) is 18.7 Å². The first-order valence-electron chi connectivity index (χ1n) is 7.15. The number of piperidine rings is 1. The molecule has 2 aromatic rings. The van der Waals surface area contributed by atoms with Crippen LogP contribution in [0.3, 0.4) is 0 Å². The second kappa shape index (κ2) is 9.77. The van der Waals surface area contributed by atoms with E-state index in [4.69, 9.17) is 0 Å². The van der Waals surface area contributed by atoms with E-state index in [2.05, 4.69) is 35.7 Å². The average molecular weight is 309 g/mol. The van der Waals surface area contributed by atoms with E-state index in [0.717, 1.165) is 6.54 Å². The second-order valence-electron chi connectivity index (χ2n) is 5.08. The Bertz CT molecular complexity index is 419. The van der Waals surface area contributed by atoms with Gasteiger partial charge in [0.15, 0.2) is 0 Å². The fraction of sp³-hybridized carbons (Fsp3) is 0.333. The van der Waals surface area contributed by atoms with Crippen molar-refractivity contribution in [2.45, 2.75) is 19.3 Å². The van der Waals surface area contributed by atoms with Crippen molar-refractivity contribution in [2.75, 3.05) is 19.6 Å². The minimum atomic E-state index is 0. The first-order valence-corrected chi connectivity index (χ1v) is 7.15. The topological polar surface area (TPSA) is 3.24 Å². The zero-order valence-corrected chi connectivity index (χ0v) is 13.1. The molecule has 0 saturated carbocycles. The van der Waals surface area contributed by atoms with Crippen LogP contribution in [0.5, 0.6) is 0 Å². The fourth-order valence-corrected chi connectivity index (χ4v) is 2.41. The largest absolute Gasteiger partial charge is 0.748 e. The van der Waals surface area contributed by atoms with Gasteiger partial charge in [0.1, 0.15) is 0 Å². The van der Waals surface area contributed by atoms with Crippen molar-refractivity contribution in [2.24, 2.45) is 0 Å². The van der Waals surface area contributed by atoms with Crippen LogP contribution in [0.4, 0.5) is 0 Å². The third-order valence-corrected chi connectivity index (χ3v) is 3.49. The van der Waals surface area contributed by atoms with E-state index < -0.39 is 0 Å². The molecule has 0 aromatic heterocycles. The van der Waals surface area contributed by atoms with Crippen molar-refractivity contribution >= 4 is 5.57 Å². The maximum absolute atomic E-state index is 4.15. The summed E-state index contributed by atoms with van der Waals surface area (Å²) in [5.74, 6) is 0. The van der Waals surface area contributed by atoms with Gasteiger partial charge in [0.2, 0.25) is 0 Å². The van der Waals surface area contributed by atoms with Crippen LogP contribution in [0, 0.1) is 0 Å². The molecule has 0 N–H and O–H groups in total. The molecule has 0 aliphatic carbocycles. The summed E-state index contributed by atoms with van der Waals surface area (Å²) in [7, 11) is 0. The molecule has 1 aliphatic heterocycles. The average Bonchev–Trinajstić information content (AvgIpc) is 3.16. The van der Waals surface area contributed by atoms with Crippen LogP contribution in [0.1, 0.15) is 24.8 Å². The summed E-state index contributed by atoms with van der Waals surface area (Å²) in [5, 5.41) is 0. The molecule has 3 rings (SSSR count). The number of hydrogen-bond donors (Lipinski definition) is 0.